The first-order valence-electron chi connectivity index (χ1n) is 6.33. The normalized spacial score (nSPS) is 13.7. The number of urea groups is 1. The predicted molar refractivity (Wildman–Crippen MR) is 68.6 cm³/mol. The number of carbonyl (C=O) groups is 2. The maximum atomic E-state index is 11.7. The number of hydrogen-bond donors (Lipinski definition) is 3. The second kappa shape index (κ2) is 9.70. The van der Waals surface area contributed by atoms with Gasteiger partial charge in [0.1, 0.15) is 6.04 Å². The minimum absolute atomic E-state index is 0.0870. The molecule has 0 saturated heterocycles. The van der Waals surface area contributed by atoms with Crippen LogP contribution in [0.25, 0.3) is 0 Å². The summed E-state index contributed by atoms with van der Waals surface area (Å²) in [5.74, 6) is -1.01. The van der Waals surface area contributed by atoms with Crippen molar-refractivity contribution in [3.8, 4) is 0 Å². The number of carbonyl (C=O) groups excluding carboxylic acids is 1. The molecule has 2 amide bonds. The molecule has 0 aromatic heterocycles. The molecule has 0 aliphatic rings. The summed E-state index contributed by atoms with van der Waals surface area (Å²) in [5, 5.41) is 14.1. The van der Waals surface area contributed by atoms with E-state index in [-0.39, 0.29) is 6.04 Å². The highest BCUT2D eigenvalue weighted by atomic mass is 16.5. The van der Waals surface area contributed by atoms with E-state index >= 15 is 0 Å². The van der Waals surface area contributed by atoms with Crippen molar-refractivity contribution >= 4 is 12.0 Å². The molecule has 0 aliphatic heterocycles. The Bertz CT molecular complexity index is 252. The summed E-state index contributed by atoms with van der Waals surface area (Å²) in [5.41, 5.74) is 0. The first-order chi connectivity index (χ1) is 8.54. The minimum atomic E-state index is -1.01. The lowest BCUT2D eigenvalue weighted by molar-refractivity contribution is -0.139. The average Bonchev–Trinajstić information content (AvgIpc) is 2.29. The van der Waals surface area contributed by atoms with Crippen LogP contribution in [0, 0.1) is 0 Å². The number of carboxylic acid groups (broad SMARTS) is 1. The van der Waals surface area contributed by atoms with Crippen LogP contribution in [0.5, 0.6) is 0 Å². The summed E-state index contributed by atoms with van der Waals surface area (Å²) in [6.07, 6.45) is 2.84. The van der Waals surface area contributed by atoms with Gasteiger partial charge in [-0.05, 0) is 12.8 Å². The third-order valence-electron chi connectivity index (χ3n) is 2.52. The van der Waals surface area contributed by atoms with E-state index in [9.17, 15) is 9.59 Å². The lowest BCUT2D eigenvalue weighted by atomic mass is 10.1. The van der Waals surface area contributed by atoms with Gasteiger partial charge < -0.3 is 20.5 Å². The van der Waals surface area contributed by atoms with Gasteiger partial charge in [-0.2, -0.15) is 0 Å². The molecule has 0 aromatic rings. The van der Waals surface area contributed by atoms with Crippen LogP contribution >= 0.6 is 0 Å². The number of nitrogens with one attached hydrogen (secondary N) is 2. The zero-order valence-corrected chi connectivity index (χ0v) is 11.4. The maximum Gasteiger partial charge on any atom is 0.326 e. The van der Waals surface area contributed by atoms with E-state index in [4.69, 9.17) is 9.84 Å². The molecule has 106 valence electrons. The standard InChI is InChI=1S/C12H24N2O4/c1-4-6-9(8-18-3)13-12(17)14-10(7-5-2)11(15)16/h9-10H,4-8H2,1-3H3,(H,15,16)(H2,13,14,17)/t9?,10-/m0/s1. The maximum absolute atomic E-state index is 11.7. The largest absolute Gasteiger partial charge is 0.480 e. The Labute approximate surface area is 108 Å². The molecule has 0 bridgehead atoms. The zero-order chi connectivity index (χ0) is 14.0. The van der Waals surface area contributed by atoms with Gasteiger partial charge in [0, 0.05) is 7.11 Å². The zero-order valence-electron chi connectivity index (χ0n) is 11.4. The number of methoxy groups -OCH3 is 1. The number of amides is 2. The van der Waals surface area contributed by atoms with Crippen LogP contribution in [0.3, 0.4) is 0 Å². The number of hydrogen-bond acceptors (Lipinski definition) is 3. The topological polar surface area (TPSA) is 87.7 Å². The third-order valence-corrected chi connectivity index (χ3v) is 2.52. The Balaban J connectivity index is 4.23. The van der Waals surface area contributed by atoms with Crippen LogP contribution in [-0.2, 0) is 9.53 Å². The fourth-order valence-corrected chi connectivity index (χ4v) is 1.68. The lowest BCUT2D eigenvalue weighted by Gasteiger charge is -2.20. The number of ether oxygens (including phenoxy) is 1. The van der Waals surface area contributed by atoms with Crippen molar-refractivity contribution in [1.29, 1.82) is 0 Å². The SMILES string of the molecule is CCCC(COC)NC(=O)N[C@@H](CCC)C(=O)O. The van der Waals surface area contributed by atoms with Gasteiger partial charge in [-0.3, -0.25) is 0 Å². The Kier molecular flexibility index (Phi) is 9.00. The van der Waals surface area contributed by atoms with E-state index in [0.717, 1.165) is 12.8 Å². The fraction of sp³-hybridized carbons (Fsp3) is 0.833. The summed E-state index contributed by atoms with van der Waals surface area (Å²) in [6, 6.07) is -1.37. The van der Waals surface area contributed by atoms with Gasteiger partial charge in [0.2, 0.25) is 0 Å². The highest BCUT2D eigenvalue weighted by Gasteiger charge is 2.20. The molecule has 0 fully saturated rings. The fourth-order valence-electron chi connectivity index (χ4n) is 1.68. The van der Waals surface area contributed by atoms with Crippen LogP contribution < -0.4 is 10.6 Å². The molecule has 6 nitrogen and oxygen atoms in total. The Morgan fingerprint density at radius 1 is 1.17 bits per heavy atom. The monoisotopic (exact) mass is 260 g/mol. The van der Waals surface area contributed by atoms with Gasteiger partial charge in [0.05, 0.1) is 12.6 Å². The van der Waals surface area contributed by atoms with Crippen molar-refractivity contribution in [2.24, 2.45) is 0 Å². The number of aliphatic carboxylic acids is 1. The molecule has 0 radical (unpaired) electrons. The smallest absolute Gasteiger partial charge is 0.326 e. The first kappa shape index (κ1) is 16.7. The van der Waals surface area contributed by atoms with E-state index in [1.807, 2.05) is 13.8 Å². The van der Waals surface area contributed by atoms with Crippen LogP contribution in [0.1, 0.15) is 39.5 Å². The quantitative estimate of drug-likeness (QED) is 0.584. The van der Waals surface area contributed by atoms with Crippen LogP contribution in [-0.4, -0.2) is 42.9 Å². The second-order valence-corrected chi connectivity index (χ2v) is 4.24. The lowest BCUT2D eigenvalue weighted by Crippen LogP contribution is -2.50. The van der Waals surface area contributed by atoms with Gasteiger partial charge in [0.15, 0.2) is 0 Å². The molecule has 0 heterocycles. The van der Waals surface area contributed by atoms with E-state index in [1.54, 1.807) is 7.11 Å². The Morgan fingerprint density at radius 3 is 2.22 bits per heavy atom. The third kappa shape index (κ3) is 7.11. The van der Waals surface area contributed by atoms with Crippen molar-refractivity contribution in [1.82, 2.24) is 10.6 Å². The molecule has 0 aromatic carbocycles. The highest BCUT2D eigenvalue weighted by molar-refractivity contribution is 5.82. The molecular formula is C12H24N2O4. The van der Waals surface area contributed by atoms with Crippen molar-refractivity contribution < 1.29 is 19.4 Å². The minimum Gasteiger partial charge on any atom is -0.480 e. The van der Waals surface area contributed by atoms with E-state index in [2.05, 4.69) is 10.6 Å². The van der Waals surface area contributed by atoms with Crippen LogP contribution in [0.4, 0.5) is 4.79 Å². The molecule has 2 atom stereocenters. The van der Waals surface area contributed by atoms with Crippen molar-refractivity contribution in [2.45, 2.75) is 51.6 Å². The van der Waals surface area contributed by atoms with Crippen molar-refractivity contribution in [3.05, 3.63) is 0 Å². The summed E-state index contributed by atoms with van der Waals surface area (Å²) in [6.45, 7) is 4.31. The molecule has 3 N–H and O–H groups in total. The molecule has 6 heteroatoms. The van der Waals surface area contributed by atoms with E-state index < -0.39 is 18.0 Å². The van der Waals surface area contributed by atoms with E-state index in [0.29, 0.717) is 19.4 Å². The Morgan fingerprint density at radius 2 is 1.78 bits per heavy atom. The first-order valence-corrected chi connectivity index (χ1v) is 6.33. The summed E-state index contributed by atoms with van der Waals surface area (Å²) in [4.78, 5) is 22.5. The summed E-state index contributed by atoms with van der Waals surface area (Å²) in [7, 11) is 1.57. The van der Waals surface area contributed by atoms with Crippen LogP contribution in [0.2, 0.25) is 0 Å². The molecule has 1 unspecified atom stereocenters. The van der Waals surface area contributed by atoms with Gasteiger partial charge >= 0.3 is 12.0 Å². The van der Waals surface area contributed by atoms with E-state index in [1.165, 1.54) is 0 Å². The van der Waals surface area contributed by atoms with Gasteiger partial charge in [-0.25, -0.2) is 9.59 Å². The summed E-state index contributed by atoms with van der Waals surface area (Å²) >= 11 is 0. The summed E-state index contributed by atoms with van der Waals surface area (Å²) < 4.78 is 5.00. The molecule has 18 heavy (non-hydrogen) atoms. The molecule has 0 spiro atoms. The van der Waals surface area contributed by atoms with Crippen molar-refractivity contribution in [2.75, 3.05) is 13.7 Å². The average molecular weight is 260 g/mol. The van der Waals surface area contributed by atoms with Crippen molar-refractivity contribution in [3.63, 3.8) is 0 Å². The van der Waals surface area contributed by atoms with Gasteiger partial charge in [-0.15, -0.1) is 0 Å². The molecule has 0 rings (SSSR count). The molecule has 0 aliphatic carbocycles. The predicted octanol–water partition coefficient (Wildman–Crippen LogP) is 1.35. The number of carboxylic acids is 1. The molecular weight excluding hydrogens is 236 g/mol. The number of rotatable bonds is 9. The highest BCUT2D eigenvalue weighted by Crippen LogP contribution is 1.99. The van der Waals surface area contributed by atoms with Gasteiger partial charge in [-0.1, -0.05) is 26.7 Å². The second-order valence-electron chi connectivity index (χ2n) is 4.24. The van der Waals surface area contributed by atoms with Gasteiger partial charge in [0.25, 0.3) is 0 Å². The van der Waals surface area contributed by atoms with Crippen LogP contribution in [0.15, 0.2) is 0 Å². The Hall–Kier alpha value is -1.30. The molecule has 0 saturated carbocycles.